The SMILES string of the molecule is Cn1cc(C(=O)NC2CCCN(S(C)(=O)=O)C2)ccc1=O. The topological polar surface area (TPSA) is 88.5 Å². The smallest absolute Gasteiger partial charge is 0.253 e. The van der Waals surface area contributed by atoms with E-state index in [1.807, 2.05) is 0 Å². The van der Waals surface area contributed by atoms with Crippen LogP contribution < -0.4 is 10.9 Å². The van der Waals surface area contributed by atoms with Gasteiger partial charge in [-0.15, -0.1) is 0 Å². The summed E-state index contributed by atoms with van der Waals surface area (Å²) >= 11 is 0. The van der Waals surface area contributed by atoms with Crippen LogP contribution in [0.3, 0.4) is 0 Å². The van der Waals surface area contributed by atoms with Gasteiger partial charge in [-0.2, -0.15) is 0 Å². The van der Waals surface area contributed by atoms with Gasteiger partial charge in [0.15, 0.2) is 0 Å². The molecule has 1 fully saturated rings. The Morgan fingerprint density at radius 3 is 2.71 bits per heavy atom. The lowest BCUT2D eigenvalue weighted by molar-refractivity contribution is 0.0920. The van der Waals surface area contributed by atoms with Crippen LogP contribution in [-0.4, -0.2) is 48.6 Å². The molecule has 1 saturated heterocycles. The largest absolute Gasteiger partial charge is 0.348 e. The van der Waals surface area contributed by atoms with Crippen LogP contribution in [0.15, 0.2) is 23.1 Å². The third kappa shape index (κ3) is 3.92. The monoisotopic (exact) mass is 313 g/mol. The molecule has 21 heavy (non-hydrogen) atoms. The van der Waals surface area contributed by atoms with Crippen LogP contribution in [0.1, 0.15) is 23.2 Å². The third-order valence-corrected chi connectivity index (χ3v) is 4.81. The number of sulfonamides is 1. The molecule has 1 aliphatic heterocycles. The van der Waals surface area contributed by atoms with Gasteiger partial charge in [-0.1, -0.05) is 0 Å². The molecule has 2 heterocycles. The van der Waals surface area contributed by atoms with Gasteiger partial charge in [0, 0.05) is 38.4 Å². The van der Waals surface area contributed by atoms with Gasteiger partial charge in [0.2, 0.25) is 15.6 Å². The molecule has 0 aliphatic carbocycles. The molecule has 1 aromatic heterocycles. The van der Waals surface area contributed by atoms with Crippen molar-refractivity contribution < 1.29 is 13.2 Å². The summed E-state index contributed by atoms with van der Waals surface area (Å²) in [7, 11) is -1.66. The Balaban J connectivity index is 2.05. The van der Waals surface area contributed by atoms with E-state index in [0.29, 0.717) is 18.5 Å². The van der Waals surface area contributed by atoms with Crippen molar-refractivity contribution in [3.05, 3.63) is 34.2 Å². The Morgan fingerprint density at radius 2 is 2.10 bits per heavy atom. The number of aromatic nitrogens is 1. The molecule has 1 aliphatic rings. The lowest BCUT2D eigenvalue weighted by Gasteiger charge is -2.31. The number of piperidine rings is 1. The van der Waals surface area contributed by atoms with E-state index in [1.54, 1.807) is 7.05 Å². The number of carbonyl (C=O) groups excluding carboxylic acids is 1. The van der Waals surface area contributed by atoms with Crippen LogP contribution in [-0.2, 0) is 17.1 Å². The number of aryl methyl sites for hydroxylation is 1. The zero-order chi connectivity index (χ0) is 15.6. The highest BCUT2D eigenvalue weighted by molar-refractivity contribution is 7.88. The fraction of sp³-hybridized carbons (Fsp3) is 0.538. The first-order valence-corrected chi connectivity index (χ1v) is 8.55. The van der Waals surface area contributed by atoms with Gasteiger partial charge in [0.1, 0.15) is 0 Å². The molecular weight excluding hydrogens is 294 g/mol. The standard InChI is InChI=1S/C13H19N3O4S/c1-15-8-10(5-6-12(15)17)13(18)14-11-4-3-7-16(9-11)21(2,19)20/h5-6,8,11H,3-4,7,9H2,1-2H3,(H,14,18). The predicted octanol–water partition coefficient (Wildman–Crippen LogP) is -0.461. The zero-order valence-corrected chi connectivity index (χ0v) is 12.9. The van der Waals surface area contributed by atoms with Gasteiger partial charge in [-0.3, -0.25) is 9.59 Å². The van der Waals surface area contributed by atoms with Crippen molar-refractivity contribution >= 4 is 15.9 Å². The highest BCUT2D eigenvalue weighted by Crippen LogP contribution is 2.13. The second-order valence-electron chi connectivity index (χ2n) is 5.30. The summed E-state index contributed by atoms with van der Waals surface area (Å²) in [4.78, 5) is 23.4. The van der Waals surface area contributed by atoms with Crippen molar-refractivity contribution in [2.24, 2.45) is 7.05 Å². The fourth-order valence-corrected chi connectivity index (χ4v) is 3.27. The Kier molecular flexibility index (Phi) is 4.48. The number of nitrogens with zero attached hydrogens (tertiary/aromatic N) is 2. The number of nitrogens with one attached hydrogen (secondary N) is 1. The normalized spacial score (nSPS) is 20.2. The van der Waals surface area contributed by atoms with E-state index in [1.165, 1.54) is 33.5 Å². The minimum Gasteiger partial charge on any atom is -0.348 e. The first-order chi connectivity index (χ1) is 9.77. The van der Waals surface area contributed by atoms with Gasteiger partial charge in [-0.05, 0) is 18.9 Å². The molecule has 1 amide bonds. The lowest BCUT2D eigenvalue weighted by Crippen LogP contribution is -2.49. The summed E-state index contributed by atoms with van der Waals surface area (Å²) in [6, 6.07) is 2.59. The maximum Gasteiger partial charge on any atom is 0.253 e. The van der Waals surface area contributed by atoms with Gasteiger partial charge in [0.25, 0.3) is 5.91 Å². The zero-order valence-electron chi connectivity index (χ0n) is 12.1. The lowest BCUT2D eigenvalue weighted by atomic mass is 10.1. The minimum absolute atomic E-state index is 0.188. The van der Waals surface area contributed by atoms with E-state index >= 15 is 0 Å². The summed E-state index contributed by atoms with van der Waals surface area (Å²) < 4.78 is 25.8. The summed E-state index contributed by atoms with van der Waals surface area (Å²) in [6.07, 6.45) is 4.09. The number of amides is 1. The molecule has 0 radical (unpaired) electrons. The quantitative estimate of drug-likeness (QED) is 0.818. The Labute approximate surface area is 123 Å². The van der Waals surface area contributed by atoms with E-state index in [0.717, 1.165) is 6.42 Å². The van der Waals surface area contributed by atoms with E-state index in [2.05, 4.69) is 5.32 Å². The number of rotatable bonds is 3. The van der Waals surface area contributed by atoms with Crippen molar-refractivity contribution in [2.45, 2.75) is 18.9 Å². The molecule has 1 unspecified atom stereocenters. The average molecular weight is 313 g/mol. The van der Waals surface area contributed by atoms with E-state index in [9.17, 15) is 18.0 Å². The van der Waals surface area contributed by atoms with Crippen LogP contribution in [0.2, 0.25) is 0 Å². The summed E-state index contributed by atoms with van der Waals surface area (Å²) in [5.41, 5.74) is 0.195. The summed E-state index contributed by atoms with van der Waals surface area (Å²) in [5, 5.41) is 2.82. The summed E-state index contributed by atoms with van der Waals surface area (Å²) in [5.74, 6) is -0.300. The van der Waals surface area contributed by atoms with Crippen molar-refractivity contribution in [3.8, 4) is 0 Å². The third-order valence-electron chi connectivity index (χ3n) is 3.54. The average Bonchev–Trinajstić information content (AvgIpc) is 2.41. The van der Waals surface area contributed by atoms with Crippen molar-refractivity contribution in [3.63, 3.8) is 0 Å². The van der Waals surface area contributed by atoms with E-state index in [-0.39, 0.29) is 24.1 Å². The van der Waals surface area contributed by atoms with Crippen LogP contribution in [0.5, 0.6) is 0 Å². The number of hydrogen-bond acceptors (Lipinski definition) is 4. The van der Waals surface area contributed by atoms with Gasteiger partial charge in [0.05, 0.1) is 11.8 Å². The molecule has 0 saturated carbocycles. The second kappa shape index (κ2) is 5.98. The maximum atomic E-state index is 12.1. The van der Waals surface area contributed by atoms with Crippen molar-refractivity contribution in [1.82, 2.24) is 14.2 Å². The van der Waals surface area contributed by atoms with E-state index < -0.39 is 10.0 Å². The fourth-order valence-electron chi connectivity index (χ4n) is 2.36. The summed E-state index contributed by atoms with van der Waals surface area (Å²) in [6.45, 7) is 0.779. The van der Waals surface area contributed by atoms with Crippen LogP contribution >= 0.6 is 0 Å². The van der Waals surface area contributed by atoms with Gasteiger partial charge < -0.3 is 9.88 Å². The molecule has 1 aromatic rings. The van der Waals surface area contributed by atoms with Crippen LogP contribution in [0, 0.1) is 0 Å². The molecule has 2 rings (SSSR count). The Morgan fingerprint density at radius 1 is 1.38 bits per heavy atom. The molecule has 1 atom stereocenters. The second-order valence-corrected chi connectivity index (χ2v) is 7.28. The highest BCUT2D eigenvalue weighted by Gasteiger charge is 2.27. The molecule has 0 aromatic carbocycles. The molecule has 0 bridgehead atoms. The highest BCUT2D eigenvalue weighted by atomic mass is 32.2. The molecule has 8 heteroatoms. The predicted molar refractivity (Wildman–Crippen MR) is 78.6 cm³/mol. The van der Waals surface area contributed by atoms with Crippen molar-refractivity contribution in [1.29, 1.82) is 0 Å². The van der Waals surface area contributed by atoms with Gasteiger partial charge >= 0.3 is 0 Å². The Hall–Kier alpha value is -1.67. The molecule has 116 valence electrons. The van der Waals surface area contributed by atoms with Crippen LogP contribution in [0.25, 0.3) is 0 Å². The molecule has 7 nitrogen and oxygen atoms in total. The molecule has 1 N–H and O–H groups in total. The Bertz CT molecular complexity index is 696. The van der Waals surface area contributed by atoms with Crippen LogP contribution in [0.4, 0.5) is 0 Å². The molecular formula is C13H19N3O4S. The number of pyridine rings is 1. The maximum absolute atomic E-state index is 12.1. The first kappa shape index (κ1) is 15.7. The number of hydrogen-bond donors (Lipinski definition) is 1. The van der Waals surface area contributed by atoms with E-state index in [4.69, 9.17) is 0 Å². The molecule has 0 spiro atoms. The van der Waals surface area contributed by atoms with Crippen molar-refractivity contribution in [2.75, 3.05) is 19.3 Å². The minimum atomic E-state index is -3.23. The van der Waals surface area contributed by atoms with Gasteiger partial charge in [-0.25, -0.2) is 12.7 Å². The number of carbonyl (C=O) groups is 1. The first-order valence-electron chi connectivity index (χ1n) is 6.70.